The molecule has 3 aromatic heterocycles. The van der Waals surface area contributed by atoms with Crippen LogP contribution in [-0.2, 0) is 19.0 Å². The number of hydrogen-bond acceptors (Lipinski definition) is 5. The number of rotatable bonds is 4. The number of aromatic nitrogens is 3. The molecule has 11 heteroatoms. The standard InChI is InChI=1S/C22H14F6N4O/c23-21(24,25)12-3-5-13(6-4-12)30-18-10-14(11-33)31-20-15(18)7-8-17(32-20)19-16(22(26,27)28)2-1-9-29-19/h1-10,33H,11H2,(H,30,31,32). The van der Waals surface area contributed by atoms with Gasteiger partial charge in [0.25, 0.3) is 0 Å². The summed E-state index contributed by atoms with van der Waals surface area (Å²) in [6.07, 6.45) is -7.91. The van der Waals surface area contributed by atoms with Gasteiger partial charge in [0.2, 0.25) is 0 Å². The highest BCUT2D eigenvalue weighted by atomic mass is 19.4. The van der Waals surface area contributed by atoms with E-state index in [9.17, 15) is 31.4 Å². The molecule has 0 aliphatic rings. The quantitative estimate of drug-likeness (QED) is 0.365. The van der Waals surface area contributed by atoms with E-state index in [1.807, 2.05) is 0 Å². The van der Waals surface area contributed by atoms with Crippen molar-refractivity contribution in [2.24, 2.45) is 0 Å². The van der Waals surface area contributed by atoms with Gasteiger partial charge < -0.3 is 10.4 Å². The van der Waals surface area contributed by atoms with E-state index in [1.54, 1.807) is 0 Å². The molecule has 5 nitrogen and oxygen atoms in total. The molecule has 2 N–H and O–H groups in total. The number of aliphatic hydroxyl groups is 1. The molecule has 0 bridgehead atoms. The fourth-order valence-corrected chi connectivity index (χ4v) is 3.21. The number of anilines is 2. The van der Waals surface area contributed by atoms with Crippen molar-refractivity contribution >= 4 is 22.4 Å². The second-order valence-corrected chi connectivity index (χ2v) is 6.98. The van der Waals surface area contributed by atoms with Crippen LogP contribution in [0.3, 0.4) is 0 Å². The highest BCUT2D eigenvalue weighted by molar-refractivity contribution is 5.92. The van der Waals surface area contributed by atoms with Gasteiger partial charge in [0.15, 0.2) is 5.65 Å². The monoisotopic (exact) mass is 464 g/mol. The topological polar surface area (TPSA) is 70.9 Å². The Labute approximate surface area is 182 Å². The van der Waals surface area contributed by atoms with Gasteiger partial charge >= 0.3 is 12.4 Å². The lowest BCUT2D eigenvalue weighted by atomic mass is 10.1. The maximum absolute atomic E-state index is 13.4. The molecule has 1 aromatic carbocycles. The third kappa shape index (κ3) is 4.72. The van der Waals surface area contributed by atoms with Crippen LogP contribution in [0, 0.1) is 0 Å². The second-order valence-electron chi connectivity index (χ2n) is 6.98. The smallest absolute Gasteiger partial charge is 0.390 e. The maximum atomic E-state index is 13.4. The van der Waals surface area contributed by atoms with E-state index in [-0.39, 0.29) is 22.7 Å². The van der Waals surface area contributed by atoms with E-state index >= 15 is 0 Å². The zero-order chi connectivity index (χ0) is 23.8. The first-order valence-electron chi connectivity index (χ1n) is 9.44. The molecule has 4 rings (SSSR count). The number of fused-ring (bicyclic) bond motifs is 1. The van der Waals surface area contributed by atoms with Crippen LogP contribution in [0.2, 0.25) is 0 Å². The van der Waals surface area contributed by atoms with E-state index in [0.29, 0.717) is 16.8 Å². The van der Waals surface area contributed by atoms with Gasteiger partial charge in [-0.1, -0.05) is 0 Å². The molecule has 0 radical (unpaired) electrons. The van der Waals surface area contributed by atoms with Crippen LogP contribution in [0.15, 0.2) is 60.8 Å². The number of aliphatic hydroxyl groups excluding tert-OH is 1. The molecule has 4 aromatic rings. The molecule has 0 fully saturated rings. The minimum atomic E-state index is -4.64. The third-order valence-electron chi connectivity index (χ3n) is 4.73. The van der Waals surface area contributed by atoms with Crippen LogP contribution in [-0.4, -0.2) is 20.1 Å². The van der Waals surface area contributed by atoms with E-state index in [0.717, 1.165) is 18.2 Å². The summed E-state index contributed by atoms with van der Waals surface area (Å²) in [5.74, 6) is 0. The minimum Gasteiger partial charge on any atom is -0.390 e. The van der Waals surface area contributed by atoms with Crippen LogP contribution in [0.5, 0.6) is 0 Å². The summed E-state index contributed by atoms with van der Waals surface area (Å²) in [4.78, 5) is 12.2. The normalized spacial score (nSPS) is 12.2. The first kappa shape index (κ1) is 22.5. The zero-order valence-electron chi connectivity index (χ0n) is 16.5. The number of benzene rings is 1. The van der Waals surface area contributed by atoms with Crippen molar-refractivity contribution in [2.75, 3.05) is 5.32 Å². The number of hydrogen-bond donors (Lipinski definition) is 2. The summed E-state index contributed by atoms with van der Waals surface area (Å²) >= 11 is 0. The average molecular weight is 464 g/mol. The summed E-state index contributed by atoms with van der Waals surface area (Å²) in [6, 6.07) is 10.7. The van der Waals surface area contributed by atoms with Gasteiger partial charge in [0.05, 0.1) is 34.8 Å². The van der Waals surface area contributed by atoms with E-state index < -0.39 is 30.1 Å². The van der Waals surface area contributed by atoms with Crippen molar-refractivity contribution in [1.29, 1.82) is 0 Å². The number of nitrogens with zero attached hydrogens (tertiary/aromatic N) is 3. The van der Waals surface area contributed by atoms with Crippen molar-refractivity contribution in [2.45, 2.75) is 19.0 Å². The van der Waals surface area contributed by atoms with E-state index in [2.05, 4.69) is 20.3 Å². The molecule has 0 saturated carbocycles. The highest BCUT2D eigenvalue weighted by Gasteiger charge is 2.34. The number of nitrogens with one attached hydrogen (secondary N) is 1. The first-order chi connectivity index (χ1) is 15.6. The maximum Gasteiger partial charge on any atom is 0.418 e. The predicted octanol–water partition coefficient (Wildman–Crippen LogP) is 5.97. The molecule has 33 heavy (non-hydrogen) atoms. The minimum absolute atomic E-state index is 0.0345. The van der Waals surface area contributed by atoms with E-state index in [1.165, 1.54) is 42.6 Å². The van der Waals surface area contributed by atoms with Crippen molar-refractivity contribution in [3.63, 3.8) is 0 Å². The Hall–Kier alpha value is -3.73. The average Bonchev–Trinajstić information content (AvgIpc) is 2.77. The highest BCUT2D eigenvalue weighted by Crippen LogP contribution is 2.36. The van der Waals surface area contributed by atoms with Crippen LogP contribution in [0.4, 0.5) is 37.7 Å². The van der Waals surface area contributed by atoms with Crippen LogP contribution in [0.1, 0.15) is 16.8 Å². The number of halogens is 6. The zero-order valence-corrected chi connectivity index (χ0v) is 16.5. The number of alkyl halides is 6. The van der Waals surface area contributed by atoms with Crippen molar-refractivity contribution in [3.05, 3.63) is 77.6 Å². The van der Waals surface area contributed by atoms with Gasteiger partial charge in [-0.05, 0) is 54.6 Å². The van der Waals surface area contributed by atoms with Gasteiger partial charge in [-0.15, -0.1) is 0 Å². The lowest BCUT2D eigenvalue weighted by Crippen LogP contribution is -2.09. The van der Waals surface area contributed by atoms with E-state index in [4.69, 9.17) is 0 Å². The van der Waals surface area contributed by atoms with Crippen molar-refractivity contribution in [1.82, 2.24) is 15.0 Å². The molecule has 0 atom stereocenters. The summed E-state index contributed by atoms with van der Waals surface area (Å²) < 4.78 is 78.5. The molecule has 0 unspecified atom stereocenters. The Morgan fingerprint density at radius 1 is 0.848 bits per heavy atom. The fraction of sp³-hybridized carbons (Fsp3) is 0.136. The molecule has 0 amide bonds. The second kappa shape index (κ2) is 8.32. The first-order valence-corrected chi connectivity index (χ1v) is 9.44. The Bertz CT molecular complexity index is 1300. The van der Waals surface area contributed by atoms with Crippen LogP contribution >= 0.6 is 0 Å². The van der Waals surface area contributed by atoms with Crippen molar-refractivity contribution < 1.29 is 31.4 Å². The largest absolute Gasteiger partial charge is 0.418 e. The van der Waals surface area contributed by atoms with Gasteiger partial charge in [-0.2, -0.15) is 26.3 Å². The number of pyridine rings is 3. The fourth-order valence-electron chi connectivity index (χ4n) is 3.21. The van der Waals surface area contributed by atoms with Gasteiger partial charge in [0.1, 0.15) is 5.69 Å². The Morgan fingerprint density at radius 3 is 2.21 bits per heavy atom. The Balaban J connectivity index is 1.77. The Morgan fingerprint density at radius 2 is 1.58 bits per heavy atom. The summed E-state index contributed by atoms with van der Waals surface area (Å²) in [5.41, 5.74) is -1.33. The van der Waals surface area contributed by atoms with Crippen LogP contribution in [0.25, 0.3) is 22.4 Å². The molecular weight excluding hydrogens is 450 g/mol. The molecule has 170 valence electrons. The van der Waals surface area contributed by atoms with Gasteiger partial charge in [-0.3, -0.25) is 4.98 Å². The lowest BCUT2D eigenvalue weighted by Gasteiger charge is -2.14. The third-order valence-corrected chi connectivity index (χ3v) is 4.73. The molecule has 0 spiro atoms. The van der Waals surface area contributed by atoms with Gasteiger partial charge in [-0.25, -0.2) is 9.97 Å². The lowest BCUT2D eigenvalue weighted by molar-refractivity contribution is -0.138. The van der Waals surface area contributed by atoms with Gasteiger partial charge in [0, 0.05) is 17.3 Å². The van der Waals surface area contributed by atoms with Crippen LogP contribution < -0.4 is 5.32 Å². The molecule has 0 saturated heterocycles. The molecular formula is C22H14F6N4O. The predicted molar refractivity (Wildman–Crippen MR) is 108 cm³/mol. The summed E-state index contributed by atoms with van der Waals surface area (Å²) in [6.45, 7) is -0.485. The molecule has 0 aliphatic carbocycles. The molecule has 3 heterocycles. The summed E-state index contributed by atoms with van der Waals surface area (Å²) in [7, 11) is 0. The van der Waals surface area contributed by atoms with Crippen molar-refractivity contribution in [3.8, 4) is 11.4 Å². The summed E-state index contributed by atoms with van der Waals surface area (Å²) in [5, 5.41) is 12.9. The molecule has 0 aliphatic heterocycles. The Kier molecular flexibility index (Phi) is 5.66. The SMILES string of the molecule is OCc1cc(Nc2ccc(C(F)(F)F)cc2)c2ccc(-c3ncccc3C(F)(F)F)nc2n1.